The number of nitro benzene ring substituents is 1. The third-order valence-electron chi connectivity index (χ3n) is 4.47. The zero-order valence-corrected chi connectivity index (χ0v) is 17.7. The van der Waals surface area contributed by atoms with Crippen LogP contribution in [0.15, 0.2) is 32.8 Å². The van der Waals surface area contributed by atoms with Crippen molar-refractivity contribution in [3.05, 3.63) is 49.9 Å². The van der Waals surface area contributed by atoms with Gasteiger partial charge in [0.15, 0.2) is 10.7 Å². The zero-order chi connectivity index (χ0) is 22.5. The summed E-state index contributed by atoms with van der Waals surface area (Å²) in [6, 6.07) is 3.92. The van der Waals surface area contributed by atoms with Crippen LogP contribution in [0.3, 0.4) is 0 Å². The number of anilines is 1. The van der Waals surface area contributed by atoms with Gasteiger partial charge in [-0.05, 0) is 19.4 Å². The van der Waals surface area contributed by atoms with Crippen molar-refractivity contribution in [1.29, 1.82) is 0 Å². The summed E-state index contributed by atoms with van der Waals surface area (Å²) in [6.45, 7) is 3.99. The lowest BCUT2D eigenvalue weighted by Crippen LogP contribution is -2.27. The predicted octanol–water partition coefficient (Wildman–Crippen LogP) is 2.86. The molecule has 3 rings (SSSR count). The number of non-ortho nitro benzene ring substituents is 1. The normalized spacial score (nSPS) is 10.9. The average Bonchev–Trinajstić information content (AvgIpc) is 3.30. The number of benzene rings is 1. The molecule has 2 aromatic heterocycles. The van der Waals surface area contributed by atoms with E-state index in [1.165, 1.54) is 45.9 Å². The van der Waals surface area contributed by atoms with Gasteiger partial charge in [0.1, 0.15) is 6.61 Å². The molecule has 0 unspecified atom stereocenters. The third-order valence-corrected chi connectivity index (χ3v) is 5.39. The molecular formula is C19H20N4O7S. The van der Waals surface area contributed by atoms with Crippen LogP contribution in [0.4, 0.5) is 10.8 Å². The second-order valence-electron chi connectivity index (χ2n) is 6.58. The fourth-order valence-electron chi connectivity index (χ4n) is 2.97. The lowest BCUT2D eigenvalue weighted by molar-refractivity contribution is -0.384. The van der Waals surface area contributed by atoms with E-state index in [4.69, 9.17) is 9.15 Å². The van der Waals surface area contributed by atoms with E-state index in [-0.39, 0.29) is 36.8 Å². The molecule has 0 aliphatic carbocycles. The maximum Gasteiger partial charge on any atom is 0.419 e. The van der Waals surface area contributed by atoms with Crippen LogP contribution in [0.1, 0.15) is 32.4 Å². The highest BCUT2D eigenvalue weighted by molar-refractivity contribution is 7.14. The number of carbonyl (C=O) groups excluding carboxylic acids is 2. The van der Waals surface area contributed by atoms with Crippen LogP contribution in [0.2, 0.25) is 0 Å². The molecule has 0 aliphatic rings. The maximum absolute atomic E-state index is 12.0. The molecule has 0 N–H and O–H groups in total. The van der Waals surface area contributed by atoms with Crippen molar-refractivity contribution >= 4 is 45.1 Å². The first-order valence-electron chi connectivity index (χ1n) is 9.46. The number of nitrogens with zero attached hydrogens (tertiary/aromatic N) is 4. The van der Waals surface area contributed by atoms with Gasteiger partial charge in [-0.3, -0.25) is 29.2 Å². The fourth-order valence-corrected chi connectivity index (χ4v) is 3.88. The number of hydrogen-bond acceptors (Lipinski definition) is 9. The Hall–Kier alpha value is -3.54. The van der Waals surface area contributed by atoms with Gasteiger partial charge < -0.3 is 9.15 Å². The minimum atomic E-state index is -0.648. The molecule has 0 saturated carbocycles. The van der Waals surface area contributed by atoms with Crippen molar-refractivity contribution in [1.82, 2.24) is 9.55 Å². The number of aryl methyl sites for hydroxylation is 1. The summed E-state index contributed by atoms with van der Waals surface area (Å²) in [5.41, 5.74) is 0.914. The summed E-state index contributed by atoms with van der Waals surface area (Å²) >= 11 is 1.30. The second kappa shape index (κ2) is 9.51. The van der Waals surface area contributed by atoms with Crippen molar-refractivity contribution in [2.75, 3.05) is 11.4 Å². The van der Waals surface area contributed by atoms with Gasteiger partial charge in [0.2, 0.25) is 5.91 Å². The molecule has 0 radical (unpaired) electrons. The van der Waals surface area contributed by atoms with Crippen LogP contribution < -0.4 is 10.7 Å². The van der Waals surface area contributed by atoms with Crippen molar-refractivity contribution in [2.45, 2.75) is 39.8 Å². The monoisotopic (exact) mass is 448 g/mol. The molecule has 0 fully saturated rings. The van der Waals surface area contributed by atoms with Gasteiger partial charge in [-0.25, -0.2) is 9.78 Å². The lowest BCUT2D eigenvalue weighted by Gasteiger charge is -2.14. The molecule has 31 heavy (non-hydrogen) atoms. The molecule has 11 nitrogen and oxygen atoms in total. The van der Waals surface area contributed by atoms with E-state index >= 15 is 0 Å². The lowest BCUT2D eigenvalue weighted by atomic mass is 10.2. The number of rotatable bonds is 9. The minimum Gasteiger partial charge on any atom is -0.459 e. The second-order valence-corrected chi connectivity index (χ2v) is 7.41. The Morgan fingerprint density at radius 3 is 2.84 bits per heavy atom. The van der Waals surface area contributed by atoms with Gasteiger partial charge in [-0.15, -0.1) is 11.3 Å². The number of amides is 1. The summed E-state index contributed by atoms with van der Waals surface area (Å²) in [6.07, 6.45) is 0.387. The number of thiazole rings is 1. The van der Waals surface area contributed by atoms with Gasteiger partial charge in [-0.1, -0.05) is 0 Å². The number of hydrogen-bond donors (Lipinski definition) is 0. The molecule has 164 valence electrons. The number of ether oxygens (including phenoxy) is 1. The Balaban J connectivity index is 1.52. The zero-order valence-electron chi connectivity index (χ0n) is 16.9. The molecule has 1 aromatic carbocycles. The maximum atomic E-state index is 12.0. The Morgan fingerprint density at radius 1 is 1.39 bits per heavy atom. The van der Waals surface area contributed by atoms with E-state index in [2.05, 4.69) is 4.98 Å². The topological polar surface area (TPSA) is 138 Å². The quantitative estimate of drug-likeness (QED) is 0.277. The molecular weight excluding hydrogens is 428 g/mol. The predicted molar refractivity (Wildman–Crippen MR) is 112 cm³/mol. The number of nitro groups is 1. The van der Waals surface area contributed by atoms with Gasteiger partial charge in [0.05, 0.1) is 22.2 Å². The van der Waals surface area contributed by atoms with Crippen LogP contribution in [0.5, 0.6) is 0 Å². The van der Waals surface area contributed by atoms with E-state index in [1.54, 1.807) is 5.38 Å². The molecule has 2 heterocycles. The first kappa shape index (κ1) is 22.2. The van der Waals surface area contributed by atoms with Crippen LogP contribution in [-0.2, 0) is 27.5 Å². The molecule has 1 amide bonds. The van der Waals surface area contributed by atoms with Crippen molar-refractivity contribution in [3.8, 4) is 0 Å². The van der Waals surface area contributed by atoms with Gasteiger partial charge >= 0.3 is 11.7 Å². The van der Waals surface area contributed by atoms with E-state index in [9.17, 15) is 24.5 Å². The summed E-state index contributed by atoms with van der Waals surface area (Å²) in [4.78, 5) is 51.7. The molecule has 3 aromatic rings. The van der Waals surface area contributed by atoms with Gasteiger partial charge in [0, 0.05) is 37.9 Å². The fraction of sp³-hybridized carbons (Fsp3) is 0.368. The smallest absolute Gasteiger partial charge is 0.419 e. The minimum absolute atomic E-state index is 0.0109. The first-order valence-corrected chi connectivity index (χ1v) is 10.3. The van der Waals surface area contributed by atoms with E-state index < -0.39 is 16.6 Å². The van der Waals surface area contributed by atoms with Crippen molar-refractivity contribution in [3.63, 3.8) is 0 Å². The number of oxazole rings is 1. The standard InChI is InChI=1S/C19H20N4O7S/c1-3-21(12(2)24)18-20-13(11-31-18)10-29-17(25)5-4-8-22-15-7-6-14(23(27)28)9-16(15)30-19(22)26/h6-7,9,11H,3-5,8,10H2,1-2H3. The number of aromatic nitrogens is 2. The van der Waals surface area contributed by atoms with E-state index in [0.717, 1.165) is 0 Å². The summed E-state index contributed by atoms with van der Waals surface area (Å²) in [5, 5.41) is 13.1. The van der Waals surface area contributed by atoms with Crippen LogP contribution >= 0.6 is 11.3 Å². The number of fused-ring (bicyclic) bond motifs is 1. The average molecular weight is 448 g/mol. The molecule has 12 heteroatoms. The van der Waals surface area contributed by atoms with Crippen molar-refractivity contribution < 1.29 is 23.7 Å². The number of esters is 1. The molecule has 0 saturated heterocycles. The SMILES string of the molecule is CCN(C(C)=O)c1nc(COC(=O)CCCn2c(=O)oc3cc([N+](=O)[O-])ccc32)cs1. The van der Waals surface area contributed by atoms with Crippen LogP contribution in [0, 0.1) is 10.1 Å². The Kier molecular flexibility index (Phi) is 6.80. The van der Waals surface area contributed by atoms with Crippen molar-refractivity contribution in [2.24, 2.45) is 0 Å². The highest BCUT2D eigenvalue weighted by Crippen LogP contribution is 2.22. The molecule has 0 aliphatic heterocycles. The Bertz CT molecular complexity index is 1180. The first-order chi connectivity index (χ1) is 14.8. The van der Waals surface area contributed by atoms with Gasteiger partial charge in [0.25, 0.3) is 5.69 Å². The van der Waals surface area contributed by atoms with E-state index in [1.807, 2.05) is 6.92 Å². The molecule has 0 atom stereocenters. The van der Waals surface area contributed by atoms with Crippen LogP contribution in [0.25, 0.3) is 11.1 Å². The third kappa shape index (κ3) is 5.15. The highest BCUT2D eigenvalue weighted by Gasteiger charge is 2.16. The number of carbonyl (C=O) groups is 2. The molecule has 0 spiro atoms. The Labute approximate surface area is 180 Å². The largest absolute Gasteiger partial charge is 0.459 e. The van der Waals surface area contributed by atoms with Crippen LogP contribution in [-0.4, -0.2) is 32.9 Å². The molecule has 0 bridgehead atoms. The summed E-state index contributed by atoms with van der Waals surface area (Å²) in [5.74, 6) is -1.22. The Morgan fingerprint density at radius 2 is 2.16 bits per heavy atom. The summed E-state index contributed by atoms with van der Waals surface area (Å²) < 4.78 is 11.6. The summed E-state index contributed by atoms with van der Waals surface area (Å²) in [7, 11) is 0. The highest BCUT2D eigenvalue weighted by atomic mass is 32.1. The van der Waals surface area contributed by atoms with E-state index in [0.29, 0.717) is 29.3 Å². The van der Waals surface area contributed by atoms with Gasteiger partial charge in [-0.2, -0.15) is 0 Å².